The first-order valence-electron chi connectivity index (χ1n) is 10.4. The van der Waals surface area contributed by atoms with Gasteiger partial charge in [-0.25, -0.2) is 9.78 Å². The molecule has 1 aliphatic rings. The summed E-state index contributed by atoms with van der Waals surface area (Å²) < 4.78 is 0. The summed E-state index contributed by atoms with van der Waals surface area (Å²) >= 11 is 12.5. The van der Waals surface area contributed by atoms with Crippen LogP contribution in [0.4, 0.5) is 5.95 Å². The van der Waals surface area contributed by atoms with E-state index < -0.39 is 11.5 Å². The van der Waals surface area contributed by atoms with Crippen molar-refractivity contribution < 1.29 is 9.90 Å². The van der Waals surface area contributed by atoms with Gasteiger partial charge in [0.15, 0.2) is 11.3 Å². The second-order valence-electron chi connectivity index (χ2n) is 8.08. The lowest BCUT2D eigenvalue weighted by Gasteiger charge is -2.39. The van der Waals surface area contributed by atoms with E-state index >= 15 is 0 Å². The van der Waals surface area contributed by atoms with Crippen molar-refractivity contribution in [2.75, 3.05) is 18.0 Å². The number of fused-ring (bicyclic) bond motifs is 1. The second kappa shape index (κ2) is 8.30. The summed E-state index contributed by atoms with van der Waals surface area (Å²) in [4.78, 5) is 23.1. The number of nitrogens with two attached hydrogens (primary N) is 1. The molecule has 0 bridgehead atoms. The number of H-pyrrole nitrogens is 1. The summed E-state index contributed by atoms with van der Waals surface area (Å²) in [6, 6.07) is 15.1. The lowest BCUT2D eigenvalue weighted by Crippen LogP contribution is -2.48. The van der Waals surface area contributed by atoms with Crippen LogP contribution in [0.1, 0.15) is 28.9 Å². The largest absolute Gasteiger partial charge is 0.476 e. The number of rotatable bonds is 4. The first kappa shape index (κ1) is 21.6. The summed E-state index contributed by atoms with van der Waals surface area (Å²) in [5.41, 5.74) is 8.33. The zero-order valence-electron chi connectivity index (χ0n) is 17.4. The van der Waals surface area contributed by atoms with Crippen molar-refractivity contribution in [1.29, 1.82) is 0 Å². The van der Waals surface area contributed by atoms with Crippen LogP contribution in [-0.2, 0) is 5.54 Å². The molecule has 168 valence electrons. The molecule has 10 heteroatoms. The van der Waals surface area contributed by atoms with Crippen molar-refractivity contribution in [1.82, 2.24) is 20.2 Å². The van der Waals surface area contributed by atoms with Crippen LogP contribution in [0.5, 0.6) is 0 Å². The van der Waals surface area contributed by atoms with Gasteiger partial charge < -0.3 is 15.7 Å². The van der Waals surface area contributed by atoms with Crippen molar-refractivity contribution in [3.63, 3.8) is 0 Å². The SMILES string of the molecule is NC1(c2ccccc2)CCN(c2nc(C(=O)O)c3c(-c4cccc(Cl)c4Cl)n[nH]c3n2)CC1. The Kier molecular flexibility index (Phi) is 5.44. The van der Waals surface area contributed by atoms with E-state index in [1.807, 2.05) is 35.2 Å². The number of carboxylic acids is 1. The molecule has 0 spiro atoms. The standard InChI is InChI=1S/C23H20Cl2N6O2/c24-15-8-4-7-14(17(15)25)18-16-19(21(32)33)27-22(28-20(16)30-29-18)31-11-9-23(26,10-12-31)13-5-2-1-3-6-13/h1-8H,9-12,26H2,(H,32,33)(H,27,28,29,30). The Morgan fingerprint density at radius 2 is 1.79 bits per heavy atom. The van der Waals surface area contributed by atoms with Crippen molar-refractivity contribution >= 4 is 46.2 Å². The van der Waals surface area contributed by atoms with Gasteiger partial charge in [-0.15, -0.1) is 0 Å². The van der Waals surface area contributed by atoms with Crippen LogP contribution >= 0.6 is 23.2 Å². The minimum absolute atomic E-state index is 0.151. The van der Waals surface area contributed by atoms with Crippen molar-refractivity contribution in [2.45, 2.75) is 18.4 Å². The Bertz CT molecular complexity index is 1350. The molecule has 0 amide bonds. The smallest absolute Gasteiger partial charge is 0.355 e. The monoisotopic (exact) mass is 482 g/mol. The zero-order chi connectivity index (χ0) is 23.2. The first-order chi connectivity index (χ1) is 15.9. The Morgan fingerprint density at radius 1 is 1.06 bits per heavy atom. The Balaban J connectivity index is 1.51. The van der Waals surface area contributed by atoms with Gasteiger partial charge in [0.1, 0.15) is 5.69 Å². The number of nitrogens with one attached hydrogen (secondary N) is 1. The minimum Gasteiger partial charge on any atom is -0.476 e. The van der Waals surface area contributed by atoms with Crippen LogP contribution in [0.2, 0.25) is 10.0 Å². The zero-order valence-corrected chi connectivity index (χ0v) is 18.9. The van der Waals surface area contributed by atoms with Gasteiger partial charge in [0, 0.05) is 24.2 Å². The molecule has 2 aromatic carbocycles. The average Bonchev–Trinajstić information content (AvgIpc) is 3.25. The fraction of sp³-hybridized carbons (Fsp3) is 0.217. The number of carbonyl (C=O) groups is 1. The van der Waals surface area contributed by atoms with Gasteiger partial charge in [-0.2, -0.15) is 10.1 Å². The quantitative estimate of drug-likeness (QED) is 0.391. The molecule has 0 saturated carbocycles. The normalized spacial score (nSPS) is 15.7. The Morgan fingerprint density at radius 3 is 2.48 bits per heavy atom. The molecule has 0 radical (unpaired) electrons. The maximum atomic E-state index is 12.1. The summed E-state index contributed by atoms with van der Waals surface area (Å²) in [5, 5.41) is 17.9. The number of aromatic nitrogens is 4. The average molecular weight is 483 g/mol. The van der Waals surface area contributed by atoms with Crippen LogP contribution in [0.25, 0.3) is 22.3 Å². The molecule has 1 aliphatic heterocycles. The van der Waals surface area contributed by atoms with E-state index in [9.17, 15) is 9.90 Å². The second-order valence-corrected chi connectivity index (χ2v) is 8.87. The van der Waals surface area contributed by atoms with Crippen LogP contribution in [0, 0.1) is 0 Å². The van der Waals surface area contributed by atoms with Gasteiger partial charge >= 0.3 is 5.97 Å². The fourth-order valence-corrected chi connectivity index (χ4v) is 4.65. The molecule has 33 heavy (non-hydrogen) atoms. The van der Waals surface area contributed by atoms with E-state index in [4.69, 9.17) is 28.9 Å². The van der Waals surface area contributed by atoms with E-state index in [0.717, 1.165) is 5.56 Å². The van der Waals surface area contributed by atoms with E-state index in [1.165, 1.54) is 0 Å². The van der Waals surface area contributed by atoms with Crippen LogP contribution in [0.15, 0.2) is 48.5 Å². The minimum atomic E-state index is -1.18. The third-order valence-corrected chi connectivity index (χ3v) is 6.92. The molecule has 8 nitrogen and oxygen atoms in total. The lowest BCUT2D eigenvalue weighted by molar-refractivity contribution is 0.0692. The third-order valence-electron chi connectivity index (χ3n) is 6.10. The number of benzene rings is 2. The highest BCUT2D eigenvalue weighted by Gasteiger charge is 2.34. The number of hydrogen-bond acceptors (Lipinski definition) is 6. The fourth-order valence-electron chi connectivity index (χ4n) is 4.26. The van der Waals surface area contributed by atoms with Gasteiger partial charge in [0.25, 0.3) is 0 Å². The third kappa shape index (κ3) is 3.80. The maximum absolute atomic E-state index is 12.1. The highest BCUT2D eigenvalue weighted by Crippen LogP contribution is 2.37. The molecular formula is C23H20Cl2N6O2. The van der Waals surface area contributed by atoms with Crippen molar-refractivity contribution in [3.8, 4) is 11.3 Å². The molecule has 5 rings (SSSR count). The molecular weight excluding hydrogens is 463 g/mol. The van der Waals surface area contributed by atoms with Crippen LogP contribution in [-0.4, -0.2) is 44.3 Å². The molecule has 1 saturated heterocycles. The topological polar surface area (TPSA) is 121 Å². The summed E-state index contributed by atoms with van der Waals surface area (Å²) in [5.74, 6) is -0.860. The van der Waals surface area contributed by atoms with Gasteiger partial charge in [-0.3, -0.25) is 5.10 Å². The predicted octanol–water partition coefficient (Wildman–Crippen LogP) is 4.48. The van der Waals surface area contributed by atoms with Gasteiger partial charge in [-0.05, 0) is 24.5 Å². The predicted molar refractivity (Wildman–Crippen MR) is 128 cm³/mol. The molecule has 4 N–H and O–H groups in total. The number of hydrogen-bond donors (Lipinski definition) is 3. The number of halogens is 2. The molecule has 3 heterocycles. The van der Waals surface area contributed by atoms with Crippen molar-refractivity contribution in [3.05, 3.63) is 69.8 Å². The number of piperidine rings is 1. The van der Waals surface area contributed by atoms with Crippen LogP contribution < -0.4 is 10.6 Å². The molecule has 0 unspecified atom stereocenters. The summed E-state index contributed by atoms with van der Waals surface area (Å²) in [6.07, 6.45) is 1.38. The number of nitrogens with zero attached hydrogens (tertiary/aromatic N) is 4. The van der Waals surface area contributed by atoms with E-state index in [-0.39, 0.29) is 16.1 Å². The Labute approximate surface area is 199 Å². The highest BCUT2D eigenvalue weighted by atomic mass is 35.5. The molecule has 1 fully saturated rings. The lowest BCUT2D eigenvalue weighted by atomic mass is 9.82. The molecule has 0 aliphatic carbocycles. The van der Waals surface area contributed by atoms with Crippen molar-refractivity contribution in [2.24, 2.45) is 5.73 Å². The molecule has 0 atom stereocenters. The van der Waals surface area contributed by atoms with E-state index in [0.29, 0.717) is 53.8 Å². The number of aromatic amines is 1. The van der Waals surface area contributed by atoms with Crippen LogP contribution in [0.3, 0.4) is 0 Å². The van der Waals surface area contributed by atoms with E-state index in [2.05, 4.69) is 20.2 Å². The summed E-state index contributed by atoms with van der Waals surface area (Å²) in [7, 11) is 0. The van der Waals surface area contributed by atoms with Gasteiger partial charge in [-0.1, -0.05) is 65.7 Å². The molecule has 4 aromatic rings. The van der Waals surface area contributed by atoms with E-state index in [1.54, 1.807) is 18.2 Å². The Hall–Kier alpha value is -3.20. The van der Waals surface area contributed by atoms with Gasteiger partial charge in [0.05, 0.1) is 15.4 Å². The highest BCUT2D eigenvalue weighted by molar-refractivity contribution is 6.43. The summed E-state index contributed by atoms with van der Waals surface area (Å²) in [6.45, 7) is 1.19. The molecule has 2 aromatic heterocycles. The first-order valence-corrected chi connectivity index (χ1v) is 11.2. The number of anilines is 1. The number of aromatic carboxylic acids is 1. The number of carboxylic acid groups (broad SMARTS) is 1. The van der Waals surface area contributed by atoms with Gasteiger partial charge in [0.2, 0.25) is 5.95 Å². The maximum Gasteiger partial charge on any atom is 0.355 e.